The van der Waals surface area contributed by atoms with E-state index in [0.29, 0.717) is 23.8 Å². The van der Waals surface area contributed by atoms with Crippen molar-refractivity contribution in [3.05, 3.63) is 52.5 Å². The van der Waals surface area contributed by atoms with Gasteiger partial charge in [0.15, 0.2) is 5.58 Å². The molecule has 0 amide bonds. The van der Waals surface area contributed by atoms with Gasteiger partial charge in [-0.25, -0.2) is 0 Å². The van der Waals surface area contributed by atoms with Crippen LogP contribution in [0.2, 0.25) is 0 Å². The number of halogens is 1. The van der Waals surface area contributed by atoms with Crippen LogP contribution >= 0.6 is 15.9 Å². The maximum Gasteiger partial charge on any atom is 0.295 e. The lowest BCUT2D eigenvalue weighted by molar-refractivity contribution is 0.614. The van der Waals surface area contributed by atoms with Gasteiger partial charge in [0.05, 0.1) is 0 Å². The topological polar surface area (TPSA) is 64.1 Å². The van der Waals surface area contributed by atoms with Crippen LogP contribution < -0.4 is 11.1 Å². The molecule has 0 aliphatic carbocycles. The number of hydrogen-bond donors (Lipinski definition) is 2. The lowest BCUT2D eigenvalue weighted by atomic mass is 10.2. The molecule has 3 aromatic rings. The predicted octanol–water partition coefficient (Wildman–Crippen LogP) is 3.78. The number of nitrogens with zero attached hydrogens (tertiary/aromatic N) is 1. The molecule has 0 saturated carbocycles. The Balaban J connectivity index is 1.76. The molecule has 0 bridgehead atoms. The summed E-state index contributed by atoms with van der Waals surface area (Å²) in [6.07, 6.45) is 0. The van der Waals surface area contributed by atoms with Gasteiger partial charge in [-0.1, -0.05) is 28.1 Å². The second kappa shape index (κ2) is 4.93. The molecule has 19 heavy (non-hydrogen) atoms. The number of benzene rings is 2. The van der Waals surface area contributed by atoms with Gasteiger partial charge < -0.3 is 15.5 Å². The zero-order chi connectivity index (χ0) is 13.2. The molecule has 2 aromatic carbocycles. The molecule has 3 N–H and O–H groups in total. The third-order valence-corrected chi connectivity index (χ3v) is 3.30. The Hall–Kier alpha value is -2.01. The predicted molar refractivity (Wildman–Crippen MR) is 79.9 cm³/mol. The summed E-state index contributed by atoms with van der Waals surface area (Å²) in [5.41, 5.74) is 9.02. The summed E-state index contributed by atoms with van der Waals surface area (Å²) in [5.74, 6) is 0. The first-order valence-corrected chi connectivity index (χ1v) is 6.64. The lowest BCUT2D eigenvalue weighted by Gasteiger charge is -2.01. The number of hydrogen-bond acceptors (Lipinski definition) is 4. The maximum absolute atomic E-state index is 5.70. The van der Waals surface area contributed by atoms with Crippen LogP contribution in [0.1, 0.15) is 5.56 Å². The molecule has 0 atom stereocenters. The van der Waals surface area contributed by atoms with Crippen LogP contribution in [0.25, 0.3) is 11.1 Å². The van der Waals surface area contributed by atoms with Crippen molar-refractivity contribution in [3.8, 4) is 0 Å². The molecule has 96 valence electrons. The lowest BCUT2D eigenvalue weighted by Crippen LogP contribution is -1.98. The van der Waals surface area contributed by atoms with Crippen LogP contribution in [0.3, 0.4) is 0 Å². The Bertz CT molecular complexity index is 706. The number of nitrogen functional groups attached to an aromatic ring is 1. The fraction of sp³-hybridized carbons (Fsp3) is 0.0714. The Morgan fingerprint density at radius 2 is 1.95 bits per heavy atom. The quantitative estimate of drug-likeness (QED) is 0.721. The summed E-state index contributed by atoms with van der Waals surface area (Å²) < 4.78 is 6.65. The van der Waals surface area contributed by atoms with Gasteiger partial charge in [-0.3, -0.25) is 0 Å². The molecule has 4 nitrogen and oxygen atoms in total. The summed E-state index contributed by atoms with van der Waals surface area (Å²) in [6, 6.07) is 14.0. The summed E-state index contributed by atoms with van der Waals surface area (Å²) in [6.45, 7) is 0.662. The highest BCUT2D eigenvalue weighted by Crippen LogP contribution is 2.21. The first-order chi connectivity index (χ1) is 9.20. The highest BCUT2D eigenvalue weighted by Gasteiger charge is 2.05. The smallest absolute Gasteiger partial charge is 0.295 e. The maximum atomic E-state index is 5.70. The number of anilines is 2. The van der Waals surface area contributed by atoms with Crippen LogP contribution in [0.15, 0.2) is 51.4 Å². The Kier molecular flexibility index (Phi) is 3.13. The van der Waals surface area contributed by atoms with E-state index in [1.54, 1.807) is 6.07 Å². The van der Waals surface area contributed by atoms with Crippen molar-refractivity contribution < 1.29 is 4.42 Å². The number of nitrogens with two attached hydrogens (primary N) is 1. The molecule has 5 heteroatoms. The van der Waals surface area contributed by atoms with Crippen LogP contribution in [-0.4, -0.2) is 4.98 Å². The average Bonchev–Trinajstić information content (AvgIpc) is 2.80. The monoisotopic (exact) mass is 317 g/mol. The molecule has 0 aliphatic heterocycles. The van der Waals surface area contributed by atoms with Crippen molar-refractivity contribution >= 4 is 38.7 Å². The van der Waals surface area contributed by atoms with E-state index in [1.807, 2.05) is 36.4 Å². The minimum Gasteiger partial charge on any atom is -0.423 e. The molecule has 0 spiro atoms. The number of aromatic nitrogens is 1. The van der Waals surface area contributed by atoms with Gasteiger partial charge in [0.1, 0.15) is 5.52 Å². The van der Waals surface area contributed by atoms with Gasteiger partial charge >= 0.3 is 0 Å². The summed E-state index contributed by atoms with van der Waals surface area (Å²) in [4.78, 5) is 4.34. The van der Waals surface area contributed by atoms with Gasteiger partial charge in [0.25, 0.3) is 6.01 Å². The molecule has 0 radical (unpaired) electrons. The highest BCUT2D eigenvalue weighted by atomic mass is 79.9. The highest BCUT2D eigenvalue weighted by molar-refractivity contribution is 9.10. The zero-order valence-electron chi connectivity index (χ0n) is 10.1. The summed E-state index contributed by atoms with van der Waals surface area (Å²) in [7, 11) is 0. The minimum absolute atomic E-state index is 0.503. The van der Waals surface area contributed by atoms with Crippen molar-refractivity contribution in [1.29, 1.82) is 0 Å². The van der Waals surface area contributed by atoms with Crippen molar-refractivity contribution in [2.24, 2.45) is 0 Å². The van der Waals surface area contributed by atoms with Gasteiger partial charge in [-0.2, -0.15) is 4.98 Å². The average molecular weight is 318 g/mol. The number of oxazole rings is 1. The molecule has 0 saturated heterocycles. The van der Waals surface area contributed by atoms with E-state index >= 15 is 0 Å². The first-order valence-electron chi connectivity index (χ1n) is 5.85. The third-order valence-electron chi connectivity index (χ3n) is 2.77. The Morgan fingerprint density at radius 1 is 1.16 bits per heavy atom. The standard InChI is InChI=1S/C14H12BrN3O/c15-10-3-1-9(2-4-10)8-17-14-18-12-6-5-11(16)7-13(12)19-14/h1-7H,8,16H2,(H,17,18). The van der Waals surface area contributed by atoms with E-state index in [-0.39, 0.29) is 0 Å². The van der Waals surface area contributed by atoms with E-state index in [0.717, 1.165) is 15.6 Å². The van der Waals surface area contributed by atoms with Gasteiger partial charge in [-0.15, -0.1) is 0 Å². The first kappa shape index (κ1) is 12.0. The molecule has 1 heterocycles. The second-order valence-electron chi connectivity index (χ2n) is 4.23. The molecular formula is C14H12BrN3O. The molecule has 0 aliphatic rings. The summed E-state index contributed by atoms with van der Waals surface area (Å²) in [5, 5.41) is 3.16. The second-order valence-corrected chi connectivity index (χ2v) is 5.14. The largest absolute Gasteiger partial charge is 0.423 e. The molecule has 1 aromatic heterocycles. The van der Waals surface area contributed by atoms with Crippen LogP contribution in [0.4, 0.5) is 11.7 Å². The Morgan fingerprint density at radius 3 is 2.74 bits per heavy atom. The molecule has 0 unspecified atom stereocenters. The van der Waals surface area contributed by atoms with Gasteiger partial charge in [0, 0.05) is 22.8 Å². The van der Waals surface area contributed by atoms with E-state index in [1.165, 1.54) is 0 Å². The van der Waals surface area contributed by atoms with E-state index in [4.69, 9.17) is 10.2 Å². The Labute approximate surface area is 118 Å². The fourth-order valence-electron chi connectivity index (χ4n) is 1.80. The third kappa shape index (κ3) is 2.71. The van der Waals surface area contributed by atoms with Crippen LogP contribution in [0.5, 0.6) is 0 Å². The van der Waals surface area contributed by atoms with E-state index in [2.05, 4.69) is 26.2 Å². The minimum atomic E-state index is 0.503. The number of nitrogens with one attached hydrogen (secondary N) is 1. The summed E-state index contributed by atoms with van der Waals surface area (Å²) >= 11 is 3.41. The molecule has 3 rings (SSSR count). The van der Waals surface area contributed by atoms with Crippen molar-refractivity contribution in [2.75, 3.05) is 11.1 Å². The van der Waals surface area contributed by atoms with Crippen molar-refractivity contribution in [2.45, 2.75) is 6.54 Å². The molecular weight excluding hydrogens is 306 g/mol. The molecule has 0 fully saturated rings. The van der Waals surface area contributed by atoms with E-state index < -0.39 is 0 Å². The van der Waals surface area contributed by atoms with Crippen LogP contribution in [-0.2, 0) is 6.54 Å². The SMILES string of the molecule is Nc1ccc2nc(NCc3ccc(Br)cc3)oc2c1. The number of rotatable bonds is 3. The van der Waals surface area contributed by atoms with E-state index in [9.17, 15) is 0 Å². The van der Waals surface area contributed by atoms with Crippen LogP contribution in [0, 0.1) is 0 Å². The van der Waals surface area contributed by atoms with Crippen molar-refractivity contribution in [1.82, 2.24) is 4.98 Å². The fourth-order valence-corrected chi connectivity index (χ4v) is 2.06. The normalized spacial score (nSPS) is 10.8. The number of fused-ring (bicyclic) bond motifs is 1. The zero-order valence-corrected chi connectivity index (χ0v) is 11.6. The van der Waals surface area contributed by atoms with Crippen molar-refractivity contribution in [3.63, 3.8) is 0 Å². The van der Waals surface area contributed by atoms with Gasteiger partial charge in [-0.05, 0) is 29.8 Å². The van der Waals surface area contributed by atoms with Gasteiger partial charge in [0.2, 0.25) is 0 Å².